The first-order chi connectivity index (χ1) is 20.2. The fourth-order valence-electron chi connectivity index (χ4n) is 5.92. The predicted molar refractivity (Wildman–Crippen MR) is 167 cm³/mol. The fourth-order valence-corrected chi connectivity index (χ4v) is 5.92. The molecule has 0 saturated carbocycles. The Labute approximate surface area is 249 Å². The van der Waals surface area contributed by atoms with Crippen LogP contribution in [0.25, 0.3) is 0 Å². The van der Waals surface area contributed by atoms with Crippen molar-refractivity contribution in [3.8, 4) is 11.8 Å². The fraction of sp³-hybridized carbons (Fsp3) is 0.400. The highest BCUT2D eigenvalue weighted by Gasteiger charge is 2.52. The number of benzene rings is 3. The molecule has 2 aliphatic heterocycles. The SMILES string of the molecule is Cc1ccc(NC(=O)N2C[C@@H](O)[C@@H](O)CN3[C@H](CN(C)C(C)C)[C@H](c4ccc(C#Cc5ccccc5)cc4)[C@@H]3C2)cc1. The third-order valence-corrected chi connectivity index (χ3v) is 8.71. The average molecular weight is 567 g/mol. The van der Waals surface area contributed by atoms with E-state index in [0.717, 1.165) is 23.2 Å². The van der Waals surface area contributed by atoms with Gasteiger partial charge in [0, 0.05) is 60.5 Å². The molecule has 2 saturated heterocycles. The zero-order valence-corrected chi connectivity index (χ0v) is 24.9. The second kappa shape index (κ2) is 13.1. The Morgan fingerprint density at radius 3 is 2.17 bits per heavy atom. The molecule has 0 aromatic heterocycles. The number of hydrogen-bond donors (Lipinski definition) is 3. The van der Waals surface area contributed by atoms with Gasteiger partial charge in [-0.1, -0.05) is 59.9 Å². The highest BCUT2D eigenvalue weighted by Crippen LogP contribution is 2.42. The van der Waals surface area contributed by atoms with Crippen LogP contribution in [0, 0.1) is 18.8 Å². The lowest BCUT2D eigenvalue weighted by atomic mass is 9.73. The first-order valence-corrected chi connectivity index (χ1v) is 14.8. The van der Waals surface area contributed by atoms with Gasteiger partial charge in [0.2, 0.25) is 0 Å². The van der Waals surface area contributed by atoms with Gasteiger partial charge in [0.05, 0.1) is 18.8 Å². The monoisotopic (exact) mass is 566 g/mol. The summed E-state index contributed by atoms with van der Waals surface area (Å²) in [5.41, 5.74) is 4.93. The number of urea groups is 1. The lowest BCUT2D eigenvalue weighted by Crippen LogP contribution is -2.72. The van der Waals surface area contributed by atoms with Gasteiger partial charge in [0.25, 0.3) is 0 Å². The molecule has 2 fully saturated rings. The maximum atomic E-state index is 13.5. The summed E-state index contributed by atoms with van der Waals surface area (Å²) >= 11 is 0. The normalized spacial score (nSPS) is 24.2. The molecule has 5 atom stereocenters. The molecule has 3 aromatic carbocycles. The maximum absolute atomic E-state index is 13.5. The second-order valence-corrected chi connectivity index (χ2v) is 12.0. The first-order valence-electron chi connectivity index (χ1n) is 14.8. The average Bonchev–Trinajstić information content (AvgIpc) is 2.98. The minimum atomic E-state index is -1.03. The summed E-state index contributed by atoms with van der Waals surface area (Å²) in [6, 6.07) is 26.3. The third kappa shape index (κ3) is 6.86. The van der Waals surface area contributed by atoms with Crippen molar-refractivity contribution in [1.29, 1.82) is 0 Å². The lowest BCUT2D eigenvalue weighted by Gasteiger charge is -2.59. The van der Waals surface area contributed by atoms with Crippen LogP contribution < -0.4 is 5.32 Å². The Bertz CT molecular complexity index is 1400. The van der Waals surface area contributed by atoms with Crippen LogP contribution in [0.3, 0.4) is 0 Å². The zero-order valence-electron chi connectivity index (χ0n) is 24.9. The van der Waals surface area contributed by atoms with Crippen molar-refractivity contribution in [3.05, 3.63) is 101 Å². The molecule has 0 unspecified atom stereocenters. The number of aliphatic hydroxyl groups is 2. The number of carbonyl (C=O) groups excluding carboxylic acids is 1. The van der Waals surface area contributed by atoms with Crippen molar-refractivity contribution in [3.63, 3.8) is 0 Å². The molecule has 220 valence electrons. The number of amides is 2. The van der Waals surface area contributed by atoms with Crippen LogP contribution >= 0.6 is 0 Å². The molecular formula is C35H42N4O3. The van der Waals surface area contributed by atoms with E-state index in [9.17, 15) is 15.0 Å². The smallest absolute Gasteiger partial charge is 0.321 e. The number of anilines is 1. The molecule has 7 nitrogen and oxygen atoms in total. The van der Waals surface area contributed by atoms with E-state index in [0.29, 0.717) is 24.8 Å². The Morgan fingerprint density at radius 1 is 0.905 bits per heavy atom. The molecule has 3 aromatic rings. The van der Waals surface area contributed by atoms with E-state index >= 15 is 0 Å². The van der Waals surface area contributed by atoms with Gasteiger partial charge in [0.1, 0.15) is 0 Å². The number of carbonyl (C=O) groups is 1. The molecule has 0 bridgehead atoms. The van der Waals surface area contributed by atoms with Gasteiger partial charge in [-0.25, -0.2) is 4.79 Å². The molecule has 7 heteroatoms. The Hall–Kier alpha value is -3.67. The third-order valence-electron chi connectivity index (χ3n) is 8.71. The van der Waals surface area contributed by atoms with Crippen molar-refractivity contribution in [2.45, 2.75) is 57.0 Å². The summed E-state index contributed by atoms with van der Waals surface area (Å²) in [5.74, 6) is 6.65. The summed E-state index contributed by atoms with van der Waals surface area (Å²) in [4.78, 5) is 19.7. The van der Waals surface area contributed by atoms with Crippen molar-refractivity contribution in [1.82, 2.24) is 14.7 Å². The zero-order chi connectivity index (χ0) is 29.8. The van der Waals surface area contributed by atoms with E-state index in [1.165, 1.54) is 5.56 Å². The lowest BCUT2D eigenvalue weighted by molar-refractivity contribution is -0.107. The molecule has 0 radical (unpaired) electrons. The van der Waals surface area contributed by atoms with Gasteiger partial charge in [-0.3, -0.25) is 4.90 Å². The number of hydrogen-bond acceptors (Lipinski definition) is 5. The number of fused-ring (bicyclic) bond motifs is 1. The van der Waals surface area contributed by atoms with Gasteiger partial charge < -0.3 is 25.3 Å². The van der Waals surface area contributed by atoms with Crippen LogP contribution in [0.1, 0.15) is 42.0 Å². The first kappa shape index (κ1) is 29.8. The molecule has 0 aliphatic carbocycles. The molecule has 5 rings (SSSR count). The van der Waals surface area contributed by atoms with Crippen LogP contribution in [0.15, 0.2) is 78.9 Å². The van der Waals surface area contributed by atoms with Gasteiger partial charge in [0.15, 0.2) is 0 Å². The van der Waals surface area contributed by atoms with Crippen LogP contribution in [0.2, 0.25) is 0 Å². The summed E-state index contributed by atoms with van der Waals surface area (Å²) in [6.07, 6.45) is -1.98. The van der Waals surface area contributed by atoms with Crippen molar-refractivity contribution in [2.75, 3.05) is 38.5 Å². The van der Waals surface area contributed by atoms with Crippen LogP contribution in [0.4, 0.5) is 10.5 Å². The van der Waals surface area contributed by atoms with E-state index in [1.54, 1.807) is 4.90 Å². The number of nitrogens with one attached hydrogen (secondary N) is 1. The van der Waals surface area contributed by atoms with Crippen LogP contribution in [-0.2, 0) is 0 Å². The molecule has 0 spiro atoms. The minimum Gasteiger partial charge on any atom is -0.389 e. The number of nitrogens with zero attached hydrogens (tertiary/aromatic N) is 3. The van der Waals surface area contributed by atoms with Crippen molar-refractivity contribution < 1.29 is 15.0 Å². The van der Waals surface area contributed by atoms with Gasteiger partial charge in [-0.2, -0.15) is 0 Å². The standard InChI is InChI=1S/C35H42N4O3/c1-24(2)37(4)20-30-34(28-16-14-27(15-17-28)13-12-26-8-6-5-7-9-26)31-21-38(22-32(40)33(41)23-39(30)31)35(42)36-29-18-10-25(3)11-19-29/h5-11,14-19,24,30-34,40-41H,20-23H2,1-4H3,(H,36,42)/t30-,31+,32-,33+,34+/m1/s1. The quantitative estimate of drug-likeness (QED) is 0.405. The highest BCUT2D eigenvalue weighted by atomic mass is 16.3. The summed E-state index contributed by atoms with van der Waals surface area (Å²) < 4.78 is 0. The number of β-amino-alcohol motifs (C(OH)–C–C–N with tert-alkyl or cyclic N) is 1. The van der Waals surface area contributed by atoms with Crippen molar-refractivity contribution in [2.24, 2.45) is 0 Å². The highest BCUT2D eigenvalue weighted by molar-refractivity contribution is 5.89. The van der Waals surface area contributed by atoms with Gasteiger partial charge in [-0.15, -0.1) is 0 Å². The summed E-state index contributed by atoms with van der Waals surface area (Å²) in [5, 5.41) is 24.7. The maximum Gasteiger partial charge on any atom is 0.321 e. The largest absolute Gasteiger partial charge is 0.389 e. The number of aryl methyl sites for hydroxylation is 1. The molecule has 2 heterocycles. The van der Waals surface area contributed by atoms with E-state index in [-0.39, 0.29) is 30.6 Å². The van der Waals surface area contributed by atoms with E-state index in [1.807, 2.05) is 61.5 Å². The van der Waals surface area contributed by atoms with E-state index in [4.69, 9.17) is 0 Å². The van der Waals surface area contributed by atoms with Gasteiger partial charge >= 0.3 is 6.03 Å². The topological polar surface area (TPSA) is 79.3 Å². The number of rotatable bonds is 5. The molecule has 2 amide bonds. The van der Waals surface area contributed by atoms with E-state index < -0.39 is 12.2 Å². The summed E-state index contributed by atoms with van der Waals surface area (Å²) in [7, 11) is 2.12. The van der Waals surface area contributed by atoms with E-state index in [2.05, 4.69) is 72.1 Å². The Balaban J connectivity index is 1.41. The molecule has 2 aliphatic rings. The van der Waals surface area contributed by atoms with Crippen molar-refractivity contribution >= 4 is 11.7 Å². The summed E-state index contributed by atoms with van der Waals surface area (Å²) in [6.45, 7) is 8.05. The Kier molecular flexibility index (Phi) is 9.30. The number of likely N-dealkylation sites (N-methyl/N-ethyl adjacent to an activating group) is 1. The predicted octanol–water partition coefficient (Wildman–Crippen LogP) is 4.14. The van der Waals surface area contributed by atoms with Crippen LogP contribution in [-0.4, -0.2) is 94.5 Å². The second-order valence-electron chi connectivity index (χ2n) is 12.0. The minimum absolute atomic E-state index is 0.00253. The number of aliphatic hydroxyl groups excluding tert-OH is 2. The molecular weight excluding hydrogens is 524 g/mol. The van der Waals surface area contributed by atoms with Crippen LogP contribution in [0.5, 0.6) is 0 Å². The molecule has 3 N–H and O–H groups in total. The molecule has 42 heavy (non-hydrogen) atoms. The Morgan fingerprint density at radius 2 is 1.52 bits per heavy atom. The van der Waals surface area contributed by atoms with Gasteiger partial charge in [-0.05, 0) is 69.8 Å².